The van der Waals surface area contributed by atoms with Crippen molar-refractivity contribution in [3.05, 3.63) is 42.5 Å². The first-order chi connectivity index (χ1) is 10.4. The summed E-state index contributed by atoms with van der Waals surface area (Å²) < 4.78 is 2.09. The molecule has 2 aromatic rings. The molecule has 5 heteroatoms. The van der Waals surface area contributed by atoms with E-state index in [1.807, 2.05) is 12.3 Å². The van der Waals surface area contributed by atoms with Crippen LogP contribution in [0.4, 0.5) is 0 Å². The molecule has 110 valence electrons. The van der Waals surface area contributed by atoms with E-state index in [1.165, 1.54) is 31.5 Å². The Hall–Kier alpha value is -1.72. The maximum atomic E-state index is 4.35. The van der Waals surface area contributed by atoms with Crippen LogP contribution in [0.25, 0.3) is 5.95 Å². The number of nitrogens with one attached hydrogen (secondary N) is 1. The van der Waals surface area contributed by atoms with Gasteiger partial charge in [0.2, 0.25) is 5.95 Å². The van der Waals surface area contributed by atoms with E-state index < -0.39 is 0 Å². The van der Waals surface area contributed by atoms with Gasteiger partial charge in [-0.15, -0.1) is 0 Å². The van der Waals surface area contributed by atoms with Gasteiger partial charge in [-0.3, -0.25) is 9.47 Å². The van der Waals surface area contributed by atoms with E-state index in [0.717, 1.165) is 25.1 Å². The van der Waals surface area contributed by atoms with Crippen molar-refractivity contribution in [1.29, 1.82) is 0 Å². The van der Waals surface area contributed by atoms with Gasteiger partial charge in [0.25, 0.3) is 0 Å². The van der Waals surface area contributed by atoms with E-state index in [-0.39, 0.29) is 0 Å². The summed E-state index contributed by atoms with van der Waals surface area (Å²) in [7, 11) is 0. The molecule has 4 rings (SSSR count). The maximum absolute atomic E-state index is 4.35. The molecule has 0 unspecified atom stereocenters. The van der Waals surface area contributed by atoms with Crippen LogP contribution in [0.1, 0.15) is 25.0 Å². The number of likely N-dealkylation sites (tertiary alicyclic amines) is 1. The van der Waals surface area contributed by atoms with Gasteiger partial charge in [-0.05, 0) is 37.5 Å². The molecule has 21 heavy (non-hydrogen) atoms. The molecule has 2 saturated heterocycles. The monoisotopic (exact) mass is 283 g/mol. The summed E-state index contributed by atoms with van der Waals surface area (Å²) in [4.78, 5) is 11.3. The number of hydrogen-bond donors (Lipinski definition) is 1. The van der Waals surface area contributed by atoms with Gasteiger partial charge >= 0.3 is 0 Å². The average Bonchev–Trinajstić information content (AvgIpc) is 3.09. The van der Waals surface area contributed by atoms with Gasteiger partial charge in [-0.2, -0.15) is 0 Å². The second kappa shape index (κ2) is 5.58. The minimum atomic E-state index is 0.675. The summed E-state index contributed by atoms with van der Waals surface area (Å²) in [6.07, 6.45) is 9.57. The van der Waals surface area contributed by atoms with Crippen LogP contribution in [-0.4, -0.2) is 44.6 Å². The highest BCUT2D eigenvalue weighted by molar-refractivity contribution is 5.20. The Balaban J connectivity index is 1.51. The predicted molar refractivity (Wildman–Crippen MR) is 81.2 cm³/mol. The van der Waals surface area contributed by atoms with Crippen LogP contribution in [0.2, 0.25) is 0 Å². The fourth-order valence-electron chi connectivity index (χ4n) is 3.54. The van der Waals surface area contributed by atoms with Crippen molar-refractivity contribution in [3.63, 3.8) is 0 Å². The smallest absolute Gasteiger partial charge is 0.233 e. The summed E-state index contributed by atoms with van der Waals surface area (Å²) in [6, 6.07) is 7.52. The quantitative estimate of drug-likeness (QED) is 0.929. The highest BCUT2D eigenvalue weighted by Crippen LogP contribution is 2.22. The van der Waals surface area contributed by atoms with Gasteiger partial charge in [-0.1, -0.05) is 0 Å². The van der Waals surface area contributed by atoms with Gasteiger partial charge < -0.3 is 5.32 Å². The Labute approximate surface area is 125 Å². The summed E-state index contributed by atoms with van der Waals surface area (Å²) >= 11 is 0. The zero-order valence-electron chi connectivity index (χ0n) is 12.2. The summed E-state index contributed by atoms with van der Waals surface area (Å²) in [5.74, 6) is 0.756. The number of fused-ring (bicyclic) bond motifs is 2. The molecule has 2 bridgehead atoms. The molecule has 2 aliphatic heterocycles. The molecule has 2 aromatic heterocycles. The SMILES string of the molecule is c1cnc(-n2cccc2CN2CC[C@H]3CC[C@@H](C2)N3)nc1. The topological polar surface area (TPSA) is 46.0 Å². The molecule has 0 aromatic carbocycles. The molecule has 0 radical (unpaired) electrons. The van der Waals surface area contributed by atoms with Crippen LogP contribution in [0.5, 0.6) is 0 Å². The van der Waals surface area contributed by atoms with Crippen molar-refractivity contribution >= 4 is 0 Å². The number of hydrogen-bond acceptors (Lipinski definition) is 4. The maximum Gasteiger partial charge on any atom is 0.233 e. The van der Waals surface area contributed by atoms with Crippen LogP contribution >= 0.6 is 0 Å². The second-order valence-corrected chi connectivity index (χ2v) is 6.08. The first kappa shape index (κ1) is 13.0. The number of rotatable bonds is 3. The Morgan fingerprint density at radius 1 is 1.10 bits per heavy atom. The van der Waals surface area contributed by atoms with Crippen molar-refractivity contribution in [2.24, 2.45) is 0 Å². The van der Waals surface area contributed by atoms with Gasteiger partial charge in [-0.25, -0.2) is 9.97 Å². The molecule has 4 heterocycles. The van der Waals surface area contributed by atoms with Crippen LogP contribution in [0.3, 0.4) is 0 Å². The van der Waals surface area contributed by atoms with Crippen LogP contribution in [0.15, 0.2) is 36.8 Å². The second-order valence-electron chi connectivity index (χ2n) is 6.08. The fourth-order valence-corrected chi connectivity index (χ4v) is 3.54. The van der Waals surface area contributed by atoms with Crippen molar-refractivity contribution in [3.8, 4) is 5.95 Å². The first-order valence-corrected chi connectivity index (χ1v) is 7.80. The lowest BCUT2D eigenvalue weighted by molar-refractivity contribution is 0.247. The van der Waals surface area contributed by atoms with Gasteiger partial charge in [0.05, 0.1) is 0 Å². The fraction of sp³-hybridized carbons (Fsp3) is 0.500. The normalized spacial score (nSPS) is 25.9. The largest absolute Gasteiger partial charge is 0.310 e. The Bertz CT molecular complexity index is 594. The molecule has 0 spiro atoms. The third-order valence-corrected chi connectivity index (χ3v) is 4.59. The minimum Gasteiger partial charge on any atom is -0.310 e. The van der Waals surface area contributed by atoms with Crippen LogP contribution in [0, 0.1) is 0 Å². The van der Waals surface area contributed by atoms with E-state index in [2.05, 4.69) is 36.9 Å². The molecule has 2 atom stereocenters. The van der Waals surface area contributed by atoms with Gasteiger partial charge in [0.15, 0.2) is 0 Å². The molecule has 5 nitrogen and oxygen atoms in total. The highest BCUT2D eigenvalue weighted by Gasteiger charge is 2.29. The molecule has 2 fully saturated rings. The van der Waals surface area contributed by atoms with Gasteiger partial charge in [0.1, 0.15) is 0 Å². The molecule has 0 amide bonds. The van der Waals surface area contributed by atoms with Crippen LogP contribution in [-0.2, 0) is 6.54 Å². The first-order valence-electron chi connectivity index (χ1n) is 7.80. The molecule has 2 aliphatic rings. The summed E-state index contributed by atoms with van der Waals surface area (Å²) in [6.45, 7) is 3.29. The molecule has 0 saturated carbocycles. The molecule has 1 N–H and O–H groups in total. The Kier molecular flexibility index (Phi) is 3.45. The molecular weight excluding hydrogens is 262 g/mol. The van der Waals surface area contributed by atoms with E-state index in [0.29, 0.717) is 6.04 Å². The lowest BCUT2D eigenvalue weighted by atomic mass is 10.1. The van der Waals surface area contributed by atoms with E-state index in [4.69, 9.17) is 0 Å². The number of nitrogens with zero attached hydrogens (tertiary/aromatic N) is 4. The van der Waals surface area contributed by atoms with Crippen molar-refractivity contribution in [2.45, 2.75) is 37.9 Å². The predicted octanol–water partition coefficient (Wildman–Crippen LogP) is 1.59. The van der Waals surface area contributed by atoms with Crippen molar-refractivity contribution in [2.75, 3.05) is 13.1 Å². The van der Waals surface area contributed by atoms with Gasteiger partial charge in [0, 0.05) is 56.0 Å². The van der Waals surface area contributed by atoms with Crippen molar-refractivity contribution in [1.82, 2.24) is 24.8 Å². The van der Waals surface area contributed by atoms with Crippen molar-refractivity contribution < 1.29 is 0 Å². The molecular formula is C16H21N5. The van der Waals surface area contributed by atoms with E-state index in [1.54, 1.807) is 12.4 Å². The standard InChI is InChI=1S/C16H21N5/c1-3-15(21(9-1)16-17-7-2-8-18-16)12-20-10-6-13-4-5-14(11-20)19-13/h1-3,7-9,13-14,19H,4-6,10-12H2/t13-,14+/m1/s1. The lowest BCUT2D eigenvalue weighted by Gasteiger charge is -2.24. The third kappa shape index (κ3) is 2.71. The zero-order chi connectivity index (χ0) is 14.1. The Morgan fingerprint density at radius 3 is 2.86 bits per heavy atom. The number of aromatic nitrogens is 3. The summed E-state index contributed by atoms with van der Waals surface area (Å²) in [5, 5.41) is 3.74. The van der Waals surface area contributed by atoms with Crippen LogP contribution < -0.4 is 5.32 Å². The lowest BCUT2D eigenvalue weighted by Crippen LogP contribution is -2.35. The van der Waals surface area contributed by atoms with E-state index in [9.17, 15) is 0 Å². The highest BCUT2D eigenvalue weighted by atomic mass is 15.2. The third-order valence-electron chi connectivity index (χ3n) is 4.59. The summed E-state index contributed by atoms with van der Waals surface area (Å²) in [5.41, 5.74) is 1.26. The van der Waals surface area contributed by atoms with E-state index >= 15 is 0 Å². The average molecular weight is 283 g/mol. The molecule has 0 aliphatic carbocycles. The minimum absolute atomic E-state index is 0.675. The Morgan fingerprint density at radius 2 is 1.95 bits per heavy atom. The zero-order valence-corrected chi connectivity index (χ0v) is 12.2.